The van der Waals surface area contributed by atoms with E-state index in [4.69, 9.17) is 0 Å². The number of Topliss-reactive ketones (excluding diaryl/α,β-unsaturated/α-hetero) is 1. The van der Waals surface area contributed by atoms with Crippen molar-refractivity contribution < 1.29 is 22.8 Å². The van der Waals surface area contributed by atoms with E-state index in [0.717, 1.165) is 28.0 Å². The van der Waals surface area contributed by atoms with Gasteiger partial charge in [0.25, 0.3) is 0 Å². The smallest absolute Gasteiger partial charge is 0.243 e. The zero-order valence-corrected chi connectivity index (χ0v) is 20.3. The zero-order valence-electron chi connectivity index (χ0n) is 19.5. The number of amides is 2. The number of imide groups is 1. The summed E-state index contributed by atoms with van der Waals surface area (Å²) in [5, 5.41) is 0. The van der Waals surface area contributed by atoms with E-state index in [9.17, 15) is 22.8 Å². The Morgan fingerprint density at radius 1 is 0.912 bits per heavy atom. The molecule has 0 unspecified atom stereocenters. The first kappa shape index (κ1) is 22.9. The van der Waals surface area contributed by atoms with Crippen LogP contribution in [0.1, 0.15) is 36.1 Å². The number of aryl methyl sites for hydroxylation is 2. The first-order valence-electron chi connectivity index (χ1n) is 11.7. The van der Waals surface area contributed by atoms with Gasteiger partial charge in [-0.3, -0.25) is 19.3 Å². The van der Waals surface area contributed by atoms with Crippen molar-refractivity contribution in [2.45, 2.75) is 37.6 Å². The number of carbonyl (C=O) groups excluding carboxylic acids is 3. The standard InChI is InChI=1S/C26H28N2O5S/c1-4-16-7-9-17(10-8-16)24-23-20(22-19(13-21(23)29)25(30)27(3)26(22)31)14-28(24)34(32,33)18-11-5-15(2)6-12-18/h5-12,19-20,22-24H,4,13-14H2,1-3H3/t19-,20-,22-,23-,24-/m0/s1. The highest BCUT2D eigenvalue weighted by atomic mass is 32.2. The third kappa shape index (κ3) is 3.34. The van der Waals surface area contributed by atoms with Crippen molar-refractivity contribution in [1.29, 1.82) is 0 Å². The number of carbonyl (C=O) groups is 3. The second-order valence-electron chi connectivity index (χ2n) is 9.66. The van der Waals surface area contributed by atoms with Gasteiger partial charge in [-0.15, -0.1) is 0 Å². The van der Waals surface area contributed by atoms with E-state index < -0.39 is 39.7 Å². The maximum atomic E-state index is 13.9. The van der Waals surface area contributed by atoms with Crippen LogP contribution in [0.4, 0.5) is 0 Å². The van der Waals surface area contributed by atoms with Crippen molar-refractivity contribution in [3.63, 3.8) is 0 Å². The quantitative estimate of drug-likeness (QED) is 0.628. The number of sulfonamides is 1. The maximum absolute atomic E-state index is 13.9. The van der Waals surface area contributed by atoms with Gasteiger partial charge in [-0.2, -0.15) is 4.31 Å². The van der Waals surface area contributed by atoms with Crippen molar-refractivity contribution >= 4 is 27.6 Å². The molecule has 3 aliphatic rings. The van der Waals surface area contributed by atoms with E-state index in [2.05, 4.69) is 0 Å². The molecule has 2 aromatic rings. The summed E-state index contributed by atoms with van der Waals surface area (Å²) in [4.78, 5) is 40.4. The molecular formula is C26H28N2O5S. The molecule has 0 radical (unpaired) electrons. The van der Waals surface area contributed by atoms with Gasteiger partial charge >= 0.3 is 0 Å². The number of likely N-dealkylation sites (tertiary alicyclic amines) is 1. The molecule has 5 atom stereocenters. The predicted molar refractivity (Wildman–Crippen MR) is 125 cm³/mol. The van der Waals surface area contributed by atoms with Crippen molar-refractivity contribution in [2.75, 3.05) is 13.6 Å². The van der Waals surface area contributed by atoms with Crippen LogP contribution in [-0.4, -0.2) is 48.8 Å². The van der Waals surface area contributed by atoms with Crippen molar-refractivity contribution in [3.05, 3.63) is 65.2 Å². The average Bonchev–Trinajstić information content (AvgIpc) is 3.33. The molecule has 34 heavy (non-hydrogen) atoms. The Hall–Kier alpha value is -2.84. The Morgan fingerprint density at radius 3 is 2.18 bits per heavy atom. The molecular weight excluding hydrogens is 452 g/mol. The van der Waals surface area contributed by atoms with Crippen LogP contribution in [0.2, 0.25) is 0 Å². The number of nitrogens with zero attached hydrogens (tertiary/aromatic N) is 2. The third-order valence-corrected chi connectivity index (χ3v) is 9.67. The lowest BCUT2D eigenvalue weighted by Crippen LogP contribution is -2.42. The highest BCUT2D eigenvalue weighted by Gasteiger charge is 2.63. The fourth-order valence-electron chi connectivity index (χ4n) is 5.97. The van der Waals surface area contributed by atoms with Gasteiger partial charge in [0.1, 0.15) is 5.78 Å². The average molecular weight is 481 g/mol. The van der Waals surface area contributed by atoms with Crippen molar-refractivity contribution in [3.8, 4) is 0 Å². The van der Waals surface area contributed by atoms with Crippen LogP contribution < -0.4 is 0 Å². The van der Waals surface area contributed by atoms with Gasteiger partial charge in [-0.25, -0.2) is 8.42 Å². The van der Waals surface area contributed by atoms with E-state index in [0.29, 0.717) is 0 Å². The summed E-state index contributed by atoms with van der Waals surface area (Å²) in [7, 11) is -2.51. The predicted octanol–water partition coefficient (Wildman–Crippen LogP) is 2.74. The summed E-state index contributed by atoms with van der Waals surface area (Å²) in [5.41, 5.74) is 2.79. The molecule has 8 heteroatoms. The van der Waals surface area contributed by atoms with Crippen LogP contribution in [0.3, 0.4) is 0 Å². The Morgan fingerprint density at radius 2 is 1.56 bits per heavy atom. The molecule has 2 aromatic carbocycles. The largest absolute Gasteiger partial charge is 0.299 e. The lowest BCUT2D eigenvalue weighted by Gasteiger charge is -2.33. The molecule has 1 aliphatic carbocycles. The van der Waals surface area contributed by atoms with E-state index in [1.165, 1.54) is 11.4 Å². The maximum Gasteiger partial charge on any atom is 0.243 e. The van der Waals surface area contributed by atoms with Crippen molar-refractivity contribution in [1.82, 2.24) is 9.21 Å². The van der Waals surface area contributed by atoms with Gasteiger partial charge in [-0.05, 0) is 42.5 Å². The normalized spacial score (nSPS) is 29.4. The summed E-state index contributed by atoms with van der Waals surface area (Å²) in [6, 6.07) is 13.6. The summed E-state index contributed by atoms with van der Waals surface area (Å²) in [6.45, 7) is 3.95. The van der Waals surface area contributed by atoms with E-state index >= 15 is 0 Å². The van der Waals surface area contributed by atoms with Crippen LogP contribution >= 0.6 is 0 Å². The molecule has 0 aromatic heterocycles. The molecule has 0 bridgehead atoms. The number of hydrogen-bond donors (Lipinski definition) is 0. The summed E-state index contributed by atoms with van der Waals surface area (Å²) < 4.78 is 29.1. The lowest BCUT2D eigenvalue weighted by molar-refractivity contribution is -0.138. The number of rotatable bonds is 4. The van der Waals surface area contributed by atoms with Crippen LogP contribution in [-0.2, 0) is 30.8 Å². The topological polar surface area (TPSA) is 91.8 Å². The molecule has 5 rings (SSSR count). The van der Waals surface area contributed by atoms with Gasteiger partial charge < -0.3 is 0 Å². The molecule has 2 aliphatic heterocycles. The minimum Gasteiger partial charge on any atom is -0.299 e. The second kappa shape index (κ2) is 8.13. The molecule has 7 nitrogen and oxygen atoms in total. The molecule has 0 N–H and O–H groups in total. The van der Waals surface area contributed by atoms with Gasteiger partial charge in [0.2, 0.25) is 21.8 Å². The first-order chi connectivity index (χ1) is 16.1. The number of benzene rings is 2. The highest BCUT2D eigenvalue weighted by molar-refractivity contribution is 7.89. The van der Waals surface area contributed by atoms with Gasteiger partial charge in [-0.1, -0.05) is 48.9 Å². The Kier molecular flexibility index (Phi) is 5.48. The summed E-state index contributed by atoms with van der Waals surface area (Å²) in [5.74, 6) is -3.38. The number of ketones is 1. The van der Waals surface area contributed by atoms with E-state index in [1.54, 1.807) is 24.3 Å². The molecule has 0 spiro atoms. The molecule has 2 amide bonds. The zero-order chi connectivity index (χ0) is 24.4. The molecule has 2 saturated heterocycles. The molecule has 2 heterocycles. The van der Waals surface area contributed by atoms with Crippen LogP contribution in [0, 0.1) is 30.6 Å². The molecule has 1 saturated carbocycles. The Labute approximate surface area is 199 Å². The van der Waals surface area contributed by atoms with Crippen molar-refractivity contribution in [2.24, 2.45) is 23.7 Å². The van der Waals surface area contributed by atoms with Gasteiger partial charge in [0, 0.05) is 25.9 Å². The monoisotopic (exact) mass is 480 g/mol. The van der Waals surface area contributed by atoms with E-state index in [1.807, 2.05) is 38.1 Å². The fourth-order valence-corrected chi connectivity index (χ4v) is 7.64. The first-order valence-corrected chi connectivity index (χ1v) is 13.1. The van der Waals surface area contributed by atoms with Gasteiger partial charge in [0.15, 0.2) is 0 Å². The highest BCUT2D eigenvalue weighted by Crippen LogP contribution is 2.54. The molecule has 3 fully saturated rings. The Balaban J connectivity index is 1.64. The number of fused-ring (bicyclic) bond motifs is 3. The third-order valence-electron chi connectivity index (χ3n) is 7.81. The SMILES string of the molecule is CCc1ccc([C@H]2[C@@H]3C(=O)C[C@@H]4C(=O)N(C)C(=O)[C@@H]4[C@@H]3CN2S(=O)(=O)c2ccc(C)cc2)cc1. The van der Waals surface area contributed by atoms with Crippen LogP contribution in [0.5, 0.6) is 0 Å². The summed E-state index contributed by atoms with van der Waals surface area (Å²) >= 11 is 0. The number of hydrogen-bond acceptors (Lipinski definition) is 5. The summed E-state index contributed by atoms with van der Waals surface area (Å²) in [6.07, 6.45) is 0.816. The van der Waals surface area contributed by atoms with E-state index in [-0.39, 0.29) is 35.5 Å². The Bertz CT molecular complexity index is 1270. The lowest BCUT2D eigenvalue weighted by atomic mass is 9.66. The minimum absolute atomic E-state index is 0.0251. The van der Waals surface area contributed by atoms with Gasteiger partial charge in [0.05, 0.1) is 22.8 Å². The fraction of sp³-hybridized carbons (Fsp3) is 0.423. The second-order valence-corrected chi connectivity index (χ2v) is 11.5. The van der Waals surface area contributed by atoms with Crippen LogP contribution in [0.15, 0.2) is 53.4 Å². The molecule has 178 valence electrons. The minimum atomic E-state index is -3.95. The van der Waals surface area contributed by atoms with Crippen LogP contribution in [0.25, 0.3) is 0 Å².